The van der Waals surface area contributed by atoms with Crippen molar-refractivity contribution >= 4 is 24.1 Å². The highest BCUT2D eigenvalue weighted by atomic mass is 32.2. The number of carboxylic acid groups (broad SMARTS) is 1. The van der Waals surface area contributed by atoms with E-state index in [-0.39, 0.29) is 0 Å². The Morgan fingerprint density at radius 1 is 1.47 bits per heavy atom. The summed E-state index contributed by atoms with van der Waals surface area (Å²) in [6.07, 6.45) is -0.579. The van der Waals surface area contributed by atoms with Gasteiger partial charge in [0.25, 0.3) is 0 Å². The number of benzene rings is 1. The van der Waals surface area contributed by atoms with Crippen LogP contribution in [-0.4, -0.2) is 29.3 Å². The standard InChI is InChI=1S/C10H11NO3S/c12-6-8(11-10(13)14)7-15-9-4-2-1-3-5-9/h1-6,8,11H,7H2,(H,13,14)/t8-/m1/s1. The number of amides is 1. The summed E-state index contributed by atoms with van der Waals surface area (Å²) in [7, 11) is 0. The first kappa shape index (κ1) is 11.6. The van der Waals surface area contributed by atoms with Crippen LogP contribution in [0.25, 0.3) is 0 Å². The van der Waals surface area contributed by atoms with E-state index in [0.29, 0.717) is 12.0 Å². The van der Waals surface area contributed by atoms with Crippen molar-refractivity contribution in [2.24, 2.45) is 0 Å². The molecule has 0 unspecified atom stereocenters. The molecule has 0 radical (unpaired) electrons. The molecule has 0 fully saturated rings. The van der Waals surface area contributed by atoms with Gasteiger partial charge in [0.2, 0.25) is 0 Å². The average Bonchev–Trinajstić information content (AvgIpc) is 2.25. The summed E-state index contributed by atoms with van der Waals surface area (Å²) in [6, 6.07) is 8.84. The second kappa shape index (κ2) is 6.08. The fourth-order valence-electron chi connectivity index (χ4n) is 0.976. The molecule has 1 amide bonds. The Bertz CT molecular complexity index is 329. The van der Waals surface area contributed by atoms with E-state index in [4.69, 9.17) is 5.11 Å². The maximum atomic E-state index is 10.5. The minimum absolute atomic E-state index is 0.403. The summed E-state index contributed by atoms with van der Waals surface area (Å²) < 4.78 is 0. The average molecular weight is 225 g/mol. The van der Waals surface area contributed by atoms with Crippen molar-refractivity contribution in [2.75, 3.05) is 5.75 Å². The van der Waals surface area contributed by atoms with Gasteiger partial charge in [-0.2, -0.15) is 0 Å². The van der Waals surface area contributed by atoms with Gasteiger partial charge in [-0.05, 0) is 12.1 Å². The van der Waals surface area contributed by atoms with Gasteiger partial charge >= 0.3 is 6.09 Å². The fourth-order valence-corrected chi connectivity index (χ4v) is 1.86. The van der Waals surface area contributed by atoms with Gasteiger partial charge in [0.05, 0.1) is 6.04 Å². The molecule has 0 heterocycles. The molecule has 1 rings (SSSR count). The molecule has 1 aromatic carbocycles. The molecule has 0 saturated heterocycles. The number of hydrogen-bond acceptors (Lipinski definition) is 3. The van der Waals surface area contributed by atoms with Crippen LogP contribution in [0.4, 0.5) is 4.79 Å². The van der Waals surface area contributed by atoms with Crippen LogP contribution >= 0.6 is 11.8 Å². The molecule has 0 aliphatic heterocycles. The molecule has 5 heteroatoms. The van der Waals surface area contributed by atoms with E-state index in [2.05, 4.69) is 5.32 Å². The fraction of sp³-hybridized carbons (Fsp3) is 0.200. The molecule has 0 aliphatic carbocycles. The number of thioether (sulfide) groups is 1. The van der Waals surface area contributed by atoms with Crippen LogP contribution in [-0.2, 0) is 4.79 Å². The van der Waals surface area contributed by atoms with Crippen molar-refractivity contribution in [3.63, 3.8) is 0 Å². The predicted molar refractivity (Wildman–Crippen MR) is 58.2 cm³/mol. The van der Waals surface area contributed by atoms with E-state index < -0.39 is 12.1 Å². The van der Waals surface area contributed by atoms with Crippen LogP contribution in [0.1, 0.15) is 0 Å². The predicted octanol–water partition coefficient (Wildman–Crippen LogP) is 1.61. The van der Waals surface area contributed by atoms with Gasteiger partial charge in [0.1, 0.15) is 6.29 Å². The lowest BCUT2D eigenvalue weighted by molar-refractivity contribution is -0.109. The number of aldehydes is 1. The molecule has 4 nitrogen and oxygen atoms in total. The largest absolute Gasteiger partial charge is 0.465 e. The number of carbonyl (C=O) groups excluding carboxylic acids is 1. The van der Waals surface area contributed by atoms with E-state index >= 15 is 0 Å². The van der Waals surface area contributed by atoms with Crippen molar-refractivity contribution < 1.29 is 14.7 Å². The van der Waals surface area contributed by atoms with E-state index in [1.807, 2.05) is 30.3 Å². The quantitative estimate of drug-likeness (QED) is 0.590. The second-order valence-electron chi connectivity index (χ2n) is 2.82. The number of carbonyl (C=O) groups is 2. The monoisotopic (exact) mass is 225 g/mol. The van der Waals surface area contributed by atoms with Gasteiger partial charge in [-0.25, -0.2) is 4.79 Å². The molecule has 2 N–H and O–H groups in total. The smallest absolute Gasteiger partial charge is 0.405 e. The Morgan fingerprint density at radius 3 is 2.67 bits per heavy atom. The van der Waals surface area contributed by atoms with Crippen LogP contribution in [0.15, 0.2) is 35.2 Å². The van der Waals surface area contributed by atoms with Gasteiger partial charge < -0.3 is 15.2 Å². The first-order valence-electron chi connectivity index (χ1n) is 4.35. The Kier molecular flexibility index (Phi) is 4.70. The zero-order chi connectivity index (χ0) is 11.1. The van der Waals surface area contributed by atoms with E-state index in [0.717, 1.165) is 4.90 Å². The summed E-state index contributed by atoms with van der Waals surface area (Å²) >= 11 is 1.44. The molecule has 80 valence electrons. The molecule has 0 saturated carbocycles. The summed E-state index contributed by atoms with van der Waals surface area (Å²) in [5.74, 6) is 0.403. The van der Waals surface area contributed by atoms with E-state index in [1.165, 1.54) is 11.8 Å². The third-order valence-electron chi connectivity index (χ3n) is 1.65. The molecule has 0 aromatic heterocycles. The molecule has 0 spiro atoms. The highest BCUT2D eigenvalue weighted by Gasteiger charge is 2.09. The zero-order valence-corrected chi connectivity index (χ0v) is 8.74. The summed E-state index contributed by atoms with van der Waals surface area (Å²) in [6.45, 7) is 0. The van der Waals surface area contributed by atoms with Gasteiger partial charge in [-0.1, -0.05) is 18.2 Å². The lowest BCUT2D eigenvalue weighted by atomic mass is 10.4. The highest BCUT2D eigenvalue weighted by Crippen LogP contribution is 2.17. The maximum absolute atomic E-state index is 10.5. The topological polar surface area (TPSA) is 66.4 Å². The molecule has 0 bridgehead atoms. The van der Waals surface area contributed by atoms with Crippen LogP contribution < -0.4 is 5.32 Å². The Hall–Kier alpha value is -1.49. The van der Waals surface area contributed by atoms with Crippen molar-refractivity contribution in [1.29, 1.82) is 0 Å². The normalized spacial score (nSPS) is 11.7. The summed E-state index contributed by atoms with van der Waals surface area (Å²) in [4.78, 5) is 21.8. The Balaban J connectivity index is 2.41. The molecule has 1 atom stereocenters. The zero-order valence-electron chi connectivity index (χ0n) is 7.92. The van der Waals surface area contributed by atoms with Crippen molar-refractivity contribution in [3.05, 3.63) is 30.3 Å². The van der Waals surface area contributed by atoms with Gasteiger partial charge in [-0.3, -0.25) is 0 Å². The number of nitrogens with one attached hydrogen (secondary N) is 1. The Labute approximate surface area is 91.7 Å². The van der Waals surface area contributed by atoms with Gasteiger partial charge in [0.15, 0.2) is 0 Å². The van der Waals surface area contributed by atoms with Crippen molar-refractivity contribution in [1.82, 2.24) is 5.32 Å². The Morgan fingerprint density at radius 2 is 2.13 bits per heavy atom. The van der Waals surface area contributed by atoms with E-state index in [9.17, 15) is 9.59 Å². The van der Waals surface area contributed by atoms with E-state index in [1.54, 1.807) is 0 Å². The van der Waals surface area contributed by atoms with Gasteiger partial charge in [0, 0.05) is 10.6 Å². The lowest BCUT2D eigenvalue weighted by Crippen LogP contribution is -2.36. The second-order valence-corrected chi connectivity index (χ2v) is 3.91. The summed E-state index contributed by atoms with van der Waals surface area (Å²) in [5.41, 5.74) is 0. The van der Waals surface area contributed by atoms with Crippen LogP contribution in [0.5, 0.6) is 0 Å². The minimum Gasteiger partial charge on any atom is -0.465 e. The summed E-state index contributed by atoms with van der Waals surface area (Å²) in [5, 5.41) is 10.6. The molecular weight excluding hydrogens is 214 g/mol. The van der Waals surface area contributed by atoms with Crippen LogP contribution in [0.3, 0.4) is 0 Å². The number of rotatable bonds is 5. The third kappa shape index (κ3) is 4.51. The molecule has 0 aliphatic rings. The molecular formula is C10H11NO3S. The van der Waals surface area contributed by atoms with Crippen molar-refractivity contribution in [2.45, 2.75) is 10.9 Å². The maximum Gasteiger partial charge on any atom is 0.405 e. The first-order valence-corrected chi connectivity index (χ1v) is 5.33. The van der Waals surface area contributed by atoms with Gasteiger partial charge in [-0.15, -0.1) is 11.8 Å². The lowest BCUT2D eigenvalue weighted by Gasteiger charge is -2.09. The minimum atomic E-state index is -1.18. The van der Waals surface area contributed by atoms with Crippen LogP contribution in [0.2, 0.25) is 0 Å². The molecule has 1 aromatic rings. The van der Waals surface area contributed by atoms with Crippen molar-refractivity contribution in [3.8, 4) is 0 Å². The number of hydrogen-bond donors (Lipinski definition) is 2. The molecule has 15 heavy (non-hydrogen) atoms. The highest BCUT2D eigenvalue weighted by molar-refractivity contribution is 7.99. The third-order valence-corrected chi connectivity index (χ3v) is 2.78. The SMILES string of the molecule is O=C[C@H](CSc1ccccc1)NC(=O)O. The first-order chi connectivity index (χ1) is 7.22. The van der Waals surface area contributed by atoms with Crippen LogP contribution in [0, 0.1) is 0 Å².